The van der Waals surface area contributed by atoms with Crippen LogP contribution in [0.25, 0.3) is 0 Å². The highest BCUT2D eigenvalue weighted by atomic mass is 19.1. The zero-order valence-electron chi connectivity index (χ0n) is 15.2. The SMILES string of the molecule is C[C@H]1CC[C@H]2C(=C(F)C[C@@H]3[C@@H]2CC[C@@]2(C)[C@H]3CCC23OCCO3)C1. The van der Waals surface area contributed by atoms with Gasteiger partial charge in [0.25, 0.3) is 0 Å². The molecular formula is C21H31FO2. The first-order chi connectivity index (χ1) is 11.5. The second kappa shape index (κ2) is 5.30. The van der Waals surface area contributed by atoms with Gasteiger partial charge < -0.3 is 9.47 Å². The zero-order valence-corrected chi connectivity index (χ0v) is 15.2. The molecule has 0 aromatic heterocycles. The molecule has 0 amide bonds. The van der Waals surface area contributed by atoms with E-state index < -0.39 is 0 Å². The molecule has 0 N–H and O–H groups in total. The van der Waals surface area contributed by atoms with Gasteiger partial charge in [-0.15, -0.1) is 0 Å². The Labute approximate surface area is 145 Å². The van der Waals surface area contributed by atoms with Crippen molar-refractivity contribution in [2.24, 2.45) is 35.0 Å². The van der Waals surface area contributed by atoms with Gasteiger partial charge in [0.05, 0.1) is 19.0 Å². The standard InChI is InChI=1S/C21H31FO2/c1-13-3-4-14-15-5-7-20(2)18(6-8-21(20)23-9-10-24-21)16(15)12-19(22)17(14)11-13/h13-16,18H,3-12H2,1-2H3/t13-,14+,15+,16+,18-,20-/m0/s1. The van der Waals surface area contributed by atoms with Crippen molar-refractivity contribution < 1.29 is 13.9 Å². The smallest absolute Gasteiger partial charge is 0.174 e. The van der Waals surface area contributed by atoms with Crippen LogP contribution in [-0.4, -0.2) is 19.0 Å². The largest absolute Gasteiger partial charge is 0.347 e. The highest BCUT2D eigenvalue weighted by molar-refractivity contribution is 5.24. The fourth-order valence-corrected chi connectivity index (χ4v) is 7.39. The Morgan fingerprint density at radius 1 is 0.958 bits per heavy atom. The summed E-state index contributed by atoms with van der Waals surface area (Å²) in [6, 6.07) is 0. The first-order valence-corrected chi connectivity index (χ1v) is 10.2. The number of hydrogen-bond donors (Lipinski definition) is 0. The summed E-state index contributed by atoms with van der Waals surface area (Å²) in [5.41, 5.74) is 1.30. The van der Waals surface area contributed by atoms with Crippen LogP contribution in [-0.2, 0) is 9.47 Å². The lowest BCUT2D eigenvalue weighted by Gasteiger charge is -2.55. The Hall–Kier alpha value is -0.410. The van der Waals surface area contributed by atoms with Gasteiger partial charge in [0.1, 0.15) is 0 Å². The minimum absolute atomic E-state index is 0.0877. The van der Waals surface area contributed by atoms with Crippen LogP contribution >= 0.6 is 0 Å². The lowest BCUT2D eigenvalue weighted by molar-refractivity contribution is -0.240. The van der Waals surface area contributed by atoms with Crippen molar-refractivity contribution in [3.8, 4) is 0 Å². The van der Waals surface area contributed by atoms with Gasteiger partial charge in [-0.25, -0.2) is 4.39 Å². The molecule has 3 saturated carbocycles. The van der Waals surface area contributed by atoms with Gasteiger partial charge in [-0.2, -0.15) is 0 Å². The van der Waals surface area contributed by atoms with Crippen LogP contribution in [0.5, 0.6) is 0 Å². The van der Waals surface area contributed by atoms with E-state index in [0.717, 1.165) is 32.5 Å². The lowest BCUT2D eigenvalue weighted by atomic mass is 9.52. The summed E-state index contributed by atoms with van der Waals surface area (Å²) < 4.78 is 27.4. The molecule has 0 radical (unpaired) electrons. The first kappa shape index (κ1) is 15.8. The average Bonchev–Trinajstić information content (AvgIpc) is 3.15. The Kier molecular flexibility index (Phi) is 3.49. The summed E-state index contributed by atoms with van der Waals surface area (Å²) in [5.74, 6) is 2.89. The van der Waals surface area contributed by atoms with Crippen LogP contribution in [0.3, 0.4) is 0 Å². The number of rotatable bonds is 0. The van der Waals surface area contributed by atoms with Crippen LogP contribution in [0.4, 0.5) is 4.39 Å². The highest BCUT2D eigenvalue weighted by Gasteiger charge is 2.65. The summed E-state index contributed by atoms with van der Waals surface area (Å²) in [7, 11) is 0. The van der Waals surface area contributed by atoms with Crippen molar-refractivity contribution in [3.63, 3.8) is 0 Å². The van der Waals surface area contributed by atoms with E-state index in [1.807, 2.05) is 0 Å². The minimum Gasteiger partial charge on any atom is -0.347 e. The van der Waals surface area contributed by atoms with E-state index in [0.29, 0.717) is 36.0 Å². The van der Waals surface area contributed by atoms with E-state index in [2.05, 4.69) is 13.8 Å². The summed E-state index contributed by atoms with van der Waals surface area (Å²) in [5, 5.41) is 0. The molecule has 4 aliphatic carbocycles. The van der Waals surface area contributed by atoms with Crippen LogP contribution < -0.4 is 0 Å². The van der Waals surface area contributed by atoms with Gasteiger partial charge in [0.2, 0.25) is 0 Å². The van der Waals surface area contributed by atoms with Crippen molar-refractivity contribution >= 4 is 0 Å². The molecule has 5 aliphatic rings. The van der Waals surface area contributed by atoms with E-state index in [1.165, 1.54) is 31.3 Å². The average molecular weight is 334 g/mol. The van der Waals surface area contributed by atoms with Crippen molar-refractivity contribution in [2.75, 3.05) is 13.2 Å². The van der Waals surface area contributed by atoms with Gasteiger partial charge in [0, 0.05) is 18.3 Å². The fraction of sp³-hybridized carbons (Fsp3) is 0.905. The van der Waals surface area contributed by atoms with Gasteiger partial charge in [-0.1, -0.05) is 13.8 Å². The summed E-state index contributed by atoms with van der Waals surface area (Å²) in [4.78, 5) is 0. The van der Waals surface area contributed by atoms with E-state index in [9.17, 15) is 0 Å². The predicted molar refractivity (Wildman–Crippen MR) is 90.9 cm³/mol. The molecule has 0 aromatic rings. The number of hydrogen-bond acceptors (Lipinski definition) is 2. The summed E-state index contributed by atoms with van der Waals surface area (Å²) in [6.07, 6.45) is 8.80. The summed E-state index contributed by atoms with van der Waals surface area (Å²) >= 11 is 0. The number of fused-ring (bicyclic) bond motifs is 6. The van der Waals surface area contributed by atoms with Crippen LogP contribution in [0.2, 0.25) is 0 Å². The van der Waals surface area contributed by atoms with Crippen molar-refractivity contribution in [1.82, 2.24) is 0 Å². The molecule has 6 atom stereocenters. The third-order valence-corrected chi connectivity index (χ3v) is 8.56. The Bertz CT molecular complexity index is 564. The second-order valence-corrected chi connectivity index (χ2v) is 9.51. The maximum Gasteiger partial charge on any atom is 0.174 e. The van der Waals surface area contributed by atoms with E-state index >= 15 is 4.39 Å². The minimum atomic E-state index is -0.357. The van der Waals surface area contributed by atoms with E-state index in [4.69, 9.17) is 9.47 Å². The quantitative estimate of drug-likeness (QED) is 0.603. The Morgan fingerprint density at radius 2 is 1.75 bits per heavy atom. The normalized spacial score (nSPS) is 49.9. The van der Waals surface area contributed by atoms with Gasteiger partial charge >= 0.3 is 0 Å². The van der Waals surface area contributed by atoms with Crippen molar-refractivity contribution in [1.29, 1.82) is 0 Å². The molecule has 24 heavy (non-hydrogen) atoms. The highest BCUT2D eigenvalue weighted by Crippen LogP contribution is 2.67. The van der Waals surface area contributed by atoms with Gasteiger partial charge in [0.15, 0.2) is 5.79 Å². The number of allylic oxidation sites excluding steroid dienone is 2. The molecule has 1 heterocycles. The van der Waals surface area contributed by atoms with Crippen LogP contribution in [0, 0.1) is 35.0 Å². The predicted octanol–water partition coefficient (Wildman–Crippen LogP) is 5.24. The molecule has 3 heteroatoms. The van der Waals surface area contributed by atoms with Crippen molar-refractivity contribution in [3.05, 3.63) is 11.4 Å². The monoisotopic (exact) mass is 334 g/mol. The van der Waals surface area contributed by atoms with E-state index in [1.54, 1.807) is 0 Å². The molecule has 1 spiro atoms. The molecule has 1 aliphatic heterocycles. The van der Waals surface area contributed by atoms with Crippen LogP contribution in [0.1, 0.15) is 65.2 Å². The lowest BCUT2D eigenvalue weighted by Crippen LogP contribution is -2.53. The van der Waals surface area contributed by atoms with Gasteiger partial charge in [-0.3, -0.25) is 0 Å². The first-order valence-electron chi connectivity index (χ1n) is 10.2. The van der Waals surface area contributed by atoms with E-state index in [-0.39, 0.29) is 17.0 Å². The molecule has 134 valence electrons. The Balaban J connectivity index is 1.48. The molecule has 4 fully saturated rings. The summed E-state index contributed by atoms with van der Waals surface area (Å²) in [6.45, 7) is 6.13. The molecule has 0 unspecified atom stereocenters. The number of ether oxygens (including phenoxy) is 2. The molecular weight excluding hydrogens is 303 g/mol. The van der Waals surface area contributed by atoms with Crippen LogP contribution in [0.15, 0.2) is 11.4 Å². The third kappa shape index (κ3) is 1.95. The number of halogens is 1. The fourth-order valence-electron chi connectivity index (χ4n) is 7.39. The third-order valence-electron chi connectivity index (χ3n) is 8.56. The zero-order chi connectivity index (χ0) is 16.5. The molecule has 0 bridgehead atoms. The topological polar surface area (TPSA) is 18.5 Å². The molecule has 1 saturated heterocycles. The molecule has 2 nitrogen and oxygen atoms in total. The Morgan fingerprint density at radius 3 is 2.54 bits per heavy atom. The maximum absolute atomic E-state index is 15.0. The maximum atomic E-state index is 15.0. The second-order valence-electron chi connectivity index (χ2n) is 9.51. The van der Waals surface area contributed by atoms with Crippen molar-refractivity contribution in [2.45, 2.75) is 71.0 Å². The van der Waals surface area contributed by atoms with Gasteiger partial charge in [-0.05, 0) is 73.7 Å². The molecule has 5 rings (SSSR count). The molecule has 0 aromatic carbocycles.